The third-order valence-electron chi connectivity index (χ3n) is 3.62. The Morgan fingerprint density at radius 2 is 2.14 bits per heavy atom. The fourth-order valence-electron chi connectivity index (χ4n) is 2.29. The van der Waals surface area contributed by atoms with Crippen LogP contribution in [0.5, 0.6) is 0 Å². The molecule has 0 aliphatic rings. The summed E-state index contributed by atoms with van der Waals surface area (Å²) in [5.74, 6) is 0.912. The van der Waals surface area contributed by atoms with Crippen molar-refractivity contribution in [1.82, 2.24) is 14.9 Å². The summed E-state index contributed by atoms with van der Waals surface area (Å²) in [6, 6.07) is 0. The number of esters is 1. The summed E-state index contributed by atoms with van der Waals surface area (Å²) in [5.41, 5.74) is -0.639. The molecular formula is C16H29N3O2. The Bertz CT molecular complexity index is 431. The van der Waals surface area contributed by atoms with E-state index in [4.69, 9.17) is 4.74 Å². The molecule has 0 aliphatic heterocycles. The molecule has 0 saturated heterocycles. The minimum atomic E-state index is -0.639. The van der Waals surface area contributed by atoms with Crippen LogP contribution in [0.4, 0.5) is 0 Å². The second-order valence-electron chi connectivity index (χ2n) is 5.52. The van der Waals surface area contributed by atoms with E-state index in [1.165, 1.54) is 0 Å². The monoisotopic (exact) mass is 295 g/mol. The number of rotatable bonds is 10. The summed E-state index contributed by atoms with van der Waals surface area (Å²) in [4.78, 5) is 16.6. The largest absolute Gasteiger partial charge is 0.465 e. The van der Waals surface area contributed by atoms with Crippen LogP contribution < -0.4 is 5.32 Å². The number of ether oxygens (including phenoxy) is 1. The third-order valence-corrected chi connectivity index (χ3v) is 3.62. The second-order valence-corrected chi connectivity index (χ2v) is 5.52. The first-order chi connectivity index (χ1) is 10.1. The predicted octanol–water partition coefficient (Wildman–Crippen LogP) is 2.55. The van der Waals surface area contributed by atoms with Gasteiger partial charge in [-0.25, -0.2) is 4.98 Å². The molecule has 1 rings (SSSR count). The van der Waals surface area contributed by atoms with Crippen LogP contribution in [0.25, 0.3) is 0 Å². The minimum absolute atomic E-state index is 0.171. The topological polar surface area (TPSA) is 56.2 Å². The lowest BCUT2D eigenvalue weighted by Crippen LogP contribution is -2.51. The Morgan fingerprint density at radius 3 is 2.76 bits per heavy atom. The smallest absolute Gasteiger partial charge is 0.326 e. The molecular weight excluding hydrogens is 266 g/mol. The lowest BCUT2D eigenvalue weighted by Gasteiger charge is -2.29. The summed E-state index contributed by atoms with van der Waals surface area (Å²) in [7, 11) is 0. The van der Waals surface area contributed by atoms with E-state index < -0.39 is 5.54 Å². The molecule has 5 nitrogen and oxygen atoms in total. The summed E-state index contributed by atoms with van der Waals surface area (Å²) in [6.07, 6.45) is 7.52. The van der Waals surface area contributed by atoms with E-state index in [-0.39, 0.29) is 5.97 Å². The van der Waals surface area contributed by atoms with Crippen LogP contribution >= 0.6 is 0 Å². The first kappa shape index (κ1) is 17.7. The van der Waals surface area contributed by atoms with Crippen molar-refractivity contribution in [3.63, 3.8) is 0 Å². The fraction of sp³-hybridized carbons (Fsp3) is 0.750. The highest BCUT2D eigenvalue weighted by molar-refractivity contribution is 5.80. The Labute approximate surface area is 128 Å². The zero-order chi connectivity index (χ0) is 15.7. The number of nitrogens with one attached hydrogen (secondary N) is 1. The maximum Gasteiger partial charge on any atom is 0.326 e. The Kier molecular flexibility index (Phi) is 7.43. The molecule has 0 amide bonds. The molecule has 0 bridgehead atoms. The van der Waals surface area contributed by atoms with E-state index in [2.05, 4.69) is 28.7 Å². The van der Waals surface area contributed by atoms with Crippen LogP contribution in [0, 0.1) is 0 Å². The molecule has 0 aliphatic carbocycles. The first-order valence-corrected chi connectivity index (χ1v) is 7.99. The van der Waals surface area contributed by atoms with Gasteiger partial charge in [0.15, 0.2) is 0 Å². The number of hydrogen-bond donors (Lipinski definition) is 1. The van der Waals surface area contributed by atoms with Gasteiger partial charge in [-0.15, -0.1) is 0 Å². The summed E-state index contributed by atoms with van der Waals surface area (Å²) in [6.45, 7) is 9.99. The normalized spacial score (nSPS) is 13.9. The quantitative estimate of drug-likeness (QED) is 0.674. The Morgan fingerprint density at radius 1 is 1.38 bits per heavy atom. The third kappa shape index (κ3) is 5.16. The van der Waals surface area contributed by atoms with Gasteiger partial charge in [-0.05, 0) is 39.7 Å². The molecule has 1 unspecified atom stereocenters. The molecule has 0 spiro atoms. The number of hydrogen-bond acceptors (Lipinski definition) is 4. The SMILES string of the molecule is CCCNC(C)(CCn1ccnc1CCC)C(=O)OCC. The van der Waals surface area contributed by atoms with Crippen LogP contribution in [0.15, 0.2) is 12.4 Å². The van der Waals surface area contributed by atoms with Gasteiger partial charge in [0.1, 0.15) is 11.4 Å². The molecule has 1 atom stereocenters. The van der Waals surface area contributed by atoms with Crippen molar-refractivity contribution >= 4 is 5.97 Å². The molecule has 1 aromatic heterocycles. The highest BCUT2D eigenvalue weighted by Crippen LogP contribution is 2.15. The van der Waals surface area contributed by atoms with Crippen LogP contribution in [0.2, 0.25) is 0 Å². The maximum atomic E-state index is 12.2. The van der Waals surface area contributed by atoms with E-state index in [9.17, 15) is 4.79 Å². The Balaban J connectivity index is 2.71. The summed E-state index contributed by atoms with van der Waals surface area (Å²) in [5, 5.41) is 3.34. The van der Waals surface area contributed by atoms with E-state index in [0.29, 0.717) is 13.0 Å². The van der Waals surface area contributed by atoms with Crippen molar-refractivity contribution in [3.05, 3.63) is 18.2 Å². The Hall–Kier alpha value is -1.36. The van der Waals surface area contributed by atoms with Gasteiger partial charge < -0.3 is 14.6 Å². The van der Waals surface area contributed by atoms with E-state index in [1.54, 1.807) is 0 Å². The fourth-order valence-corrected chi connectivity index (χ4v) is 2.29. The summed E-state index contributed by atoms with van der Waals surface area (Å²) < 4.78 is 7.36. The van der Waals surface area contributed by atoms with Gasteiger partial charge in [0.2, 0.25) is 0 Å². The van der Waals surface area contributed by atoms with Crippen molar-refractivity contribution in [1.29, 1.82) is 0 Å². The van der Waals surface area contributed by atoms with Crippen LogP contribution in [-0.4, -0.2) is 34.2 Å². The highest BCUT2D eigenvalue weighted by Gasteiger charge is 2.33. The molecule has 1 aromatic rings. The van der Waals surface area contributed by atoms with Gasteiger partial charge in [-0.2, -0.15) is 0 Å². The summed E-state index contributed by atoms with van der Waals surface area (Å²) >= 11 is 0. The van der Waals surface area contributed by atoms with Gasteiger partial charge in [0, 0.05) is 25.4 Å². The number of imidazole rings is 1. The van der Waals surface area contributed by atoms with Gasteiger partial charge in [0.05, 0.1) is 6.61 Å². The van der Waals surface area contributed by atoms with Crippen LogP contribution in [0.3, 0.4) is 0 Å². The first-order valence-electron chi connectivity index (χ1n) is 7.99. The number of aromatic nitrogens is 2. The second kappa shape index (κ2) is 8.82. The van der Waals surface area contributed by atoms with Gasteiger partial charge >= 0.3 is 5.97 Å². The van der Waals surface area contributed by atoms with Crippen molar-refractivity contribution in [2.45, 2.75) is 65.5 Å². The van der Waals surface area contributed by atoms with Gasteiger partial charge in [0.25, 0.3) is 0 Å². The van der Waals surface area contributed by atoms with Gasteiger partial charge in [-0.3, -0.25) is 4.79 Å². The van der Waals surface area contributed by atoms with Crippen LogP contribution in [-0.2, 0) is 22.5 Å². The molecule has 0 aromatic carbocycles. The van der Waals surface area contributed by atoms with E-state index in [0.717, 1.165) is 38.2 Å². The average molecular weight is 295 g/mol. The van der Waals surface area contributed by atoms with Crippen molar-refractivity contribution < 1.29 is 9.53 Å². The predicted molar refractivity (Wildman–Crippen MR) is 84.2 cm³/mol. The number of nitrogens with zero attached hydrogens (tertiary/aromatic N) is 2. The molecule has 1 N–H and O–H groups in total. The van der Waals surface area contributed by atoms with Crippen LogP contribution in [0.1, 0.15) is 52.8 Å². The molecule has 0 fully saturated rings. The van der Waals surface area contributed by atoms with Gasteiger partial charge in [-0.1, -0.05) is 13.8 Å². The number of aryl methyl sites for hydroxylation is 2. The molecule has 0 radical (unpaired) electrons. The molecule has 21 heavy (non-hydrogen) atoms. The van der Waals surface area contributed by atoms with Crippen molar-refractivity contribution in [3.8, 4) is 0 Å². The highest BCUT2D eigenvalue weighted by atomic mass is 16.5. The maximum absolute atomic E-state index is 12.2. The standard InChI is InChI=1S/C16H29N3O2/c1-5-8-14-17-11-13-19(14)12-9-16(4,18-10-6-2)15(20)21-7-3/h11,13,18H,5-10,12H2,1-4H3. The van der Waals surface area contributed by atoms with Crippen molar-refractivity contribution in [2.75, 3.05) is 13.2 Å². The zero-order valence-electron chi connectivity index (χ0n) is 13.8. The molecule has 5 heteroatoms. The number of carbonyl (C=O) groups excluding carboxylic acids is 1. The minimum Gasteiger partial charge on any atom is -0.465 e. The lowest BCUT2D eigenvalue weighted by molar-refractivity contribution is -0.151. The molecule has 120 valence electrons. The zero-order valence-corrected chi connectivity index (χ0v) is 13.8. The van der Waals surface area contributed by atoms with E-state index in [1.807, 2.05) is 26.2 Å². The number of carbonyl (C=O) groups is 1. The lowest BCUT2D eigenvalue weighted by atomic mass is 9.97. The molecule has 1 heterocycles. The van der Waals surface area contributed by atoms with E-state index >= 15 is 0 Å². The van der Waals surface area contributed by atoms with Crippen molar-refractivity contribution in [2.24, 2.45) is 0 Å². The molecule has 0 saturated carbocycles. The average Bonchev–Trinajstić information content (AvgIpc) is 2.91.